The second-order valence-electron chi connectivity index (χ2n) is 3.67. The number of nitrogens with one attached hydrogen (secondary N) is 1. The van der Waals surface area contributed by atoms with Crippen LogP contribution < -0.4 is 0 Å². The van der Waals surface area contributed by atoms with Crippen molar-refractivity contribution in [1.82, 2.24) is 4.98 Å². The van der Waals surface area contributed by atoms with E-state index in [4.69, 9.17) is 0 Å². The maximum atomic E-state index is 3.59. The van der Waals surface area contributed by atoms with Crippen LogP contribution in [0.4, 0.5) is 0 Å². The number of halogens is 1. The van der Waals surface area contributed by atoms with E-state index in [9.17, 15) is 0 Å². The first kappa shape index (κ1) is 7.63. The van der Waals surface area contributed by atoms with Crippen molar-refractivity contribution >= 4 is 26.8 Å². The van der Waals surface area contributed by atoms with Crippen LogP contribution in [0.15, 0.2) is 28.9 Å². The Kier molecular flexibility index (Phi) is 1.53. The molecule has 1 aliphatic rings. The van der Waals surface area contributed by atoms with Gasteiger partial charge in [0.2, 0.25) is 0 Å². The van der Waals surface area contributed by atoms with E-state index in [1.54, 1.807) is 0 Å². The lowest BCUT2D eigenvalue weighted by Gasteiger charge is -1.94. The van der Waals surface area contributed by atoms with Crippen LogP contribution in [-0.4, -0.2) is 4.98 Å². The second kappa shape index (κ2) is 2.61. The molecule has 0 bridgehead atoms. The van der Waals surface area contributed by atoms with Crippen molar-refractivity contribution in [2.75, 3.05) is 0 Å². The molecule has 1 aromatic carbocycles. The Bertz CT molecular complexity index is 454. The number of fused-ring (bicyclic) bond motifs is 1. The van der Waals surface area contributed by atoms with Gasteiger partial charge in [0.15, 0.2) is 0 Å². The number of hydrogen-bond acceptors (Lipinski definition) is 0. The average molecular weight is 236 g/mol. The van der Waals surface area contributed by atoms with Crippen molar-refractivity contribution in [1.29, 1.82) is 0 Å². The molecule has 0 radical (unpaired) electrons. The van der Waals surface area contributed by atoms with Crippen LogP contribution in [0.25, 0.3) is 10.9 Å². The Morgan fingerprint density at radius 1 is 1.23 bits per heavy atom. The van der Waals surface area contributed by atoms with E-state index >= 15 is 0 Å². The summed E-state index contributed by atoms with van der Waals surface area (Å²) < 4.78 is 1.18. The fourth-order valence-electron chi connectivity index (χ4n) is 1.90. The van der Waals surface area contributed by atoms with Crippen LogP contribution in [0.3, 0.4) is 0 Å². The first-order chi connectivity index (χ1) is 6.36. The van der Waals surface area contributed by atoms with Crippen LogP contribution in [0.1, 0.15) is 24.3 Å². The molecule has 66 valence electrons. The molecule has 0 atom stereocenters. The van der Waals surface area contributed by atoms with Crippen LogP contribution in [0.5, 0.6) is 0 Å². The minimum absolute atomic E-state index is 0.797. The van der Waals surface area contributed by atoms with E-state index in [2.05, 4.69) is 45.2 Å². The van der Waals surface area contributed by atoms with Crippen molar-refractivity contribution in [3.63, 3.8) is 0 Å². The van der Waals surface area contributed by atoms with Gasteiger partial charge in [-0.1, -0.05) is 18.2 Å². The molecule has 3 rings (SSSR count). The molecule has 13 heavy (non-hydrogen) atoms. The van der Waals surface area contributed by atoms with Gasteiger partial charge in [-0.05, 0) is 46.3 Å². The Morgan fingerprint density at radius 3 is 2.77 bits per heavy atom. The normalized spacial score (nSPS) is 16.7. The third kappa shape index (κ3) is 1.12. The first-order valence-corrected chi connectivity index (χ1v) is 5.41. The largest absolute Gasteiger partial charge is 0.349 e. The molecule has 2 aromatic rings. The van der Waals surface area contributed by atoms with Gasteiger partial charge < -0.3 is 4.98 Å². The highest BCUT2D eigenvalue weighted by Gasteiger charge is 2.28. The molecule has 1 nitrogen and oxygen atoms in total. The molecule has 0 unspecified atom stereocenters. The highest BCUT2D eigenvalue weighted by Crippen LogP contribution is 2.46. The molecule has 1 aliphatic carbocycles. The highest BCUT2D eigenvalue weighted by atomic mass is 79.9. The first-order valence-electron chi connectivity index (χ1n) is 4.62. The predicted molar refractivity (Wildman–Crippen MR) is 58.0 cm³/mol. The Labute approximate surface area is 85.3 Å². The molecular formula is C11H10BrN. The maximum absolute atomic E-state index is 3.59. The highest BCUT2D eigenvalue weighted by molar-refractivity contribution is 9.10. The molecule has 0 spiro atoms. The fourth-order valence-corrected chi connectivity index (χ4v) is 2.65. The molecule has 1 fully saturated rings. The predicted octanol–water partition coefficient (Wildman–Crippen LogP) is 3.81. The minimum atomic E-state index is 0.797. The lowest BCUT2D eigenvalue weighted by molar-refractivity contribution is 1.13. The van der Waals surface area contributed by atoms with Crippen molar-refractivity contribution in [3.05, 3.63) is 34.4 Å². The number of para-hydroxylation sites is 1. The summed E-state index contributed by atoms with van der Waals surface area (Å²) >= 11 is 3.59. The lowest BCUT2D eigenvalue weighted by atomic mass is 10.1. The zero-order valence-electron chi connectivity index (χ0n) is 7.18. The molecular weight excluding hydrogens is 226 g/mol. The summed E-state index contributed by atoms with van der Waals surface area (Å²) in [4.78, 5) is 3.37. The van der Waals surface area contributed by atoms with Gasteiger partial charge >= 0.3 is 0 Å². The quantitative estimate of drug-likeness (QED) is 0.774. The summed E-state index contributed by atoms with van der Waals surface area (Å²) in [5.74, 6) is 0.797. The third-order valence-corrected chi connectivity index (χ3v) is 3.31. The zero-order chi connectivity index (χ0) is 8.84. The van der Waals surface area contributed by atoms with Gasteiger partial charge in [0.1, 0.15) is 0 Å². The van der Waals surface area contributed by atoms with Crippen molar-refractivity contribution in [2.45, 2.75) is 18.8 Å². The Balaban J connectivity index is 2.35. The van der Waals surface area contributed by atoms with E-state index in [0.29, 0.717) is 0 Å². The number of hydrogen-bond donors (Lipinski definition) is 1. The monoisotopic (exact) mass is 235 g/mol. The van der Waals surface area contributed by atoms with E-state index in [0.717, 1.165) is 5.92 Å². The standard InChI is InChI=1S/C11H10BrN/c12-11-10(7-5-6-7)8-3-1-2-4-9(8)13-11/h1-4,7,13H,5-6H2. The summed E-state index contributed by atoms with van der Waals surface area (Å²) in [5.41, 5.74) is 2.73. The summed E-state index contributed by atoms with van der Waals surface area (Å²) in [6.07, 6.45) is 2.70. The molecule has 1 N–H and O–H groups in total. The van der Waals surface area contributed by atoms with Crippen LogP contribution in [0, 0.1) is 0 Å². The Morgan fingerprint density at radius 2 is 2.00 bits per heavy atom. The molecule has 1 saturated carbocycles. The van der Waals surface area contributed by atoms with Gasteiger partial charge in [0.05, 0.1) is 4.60 Å². The summed E-state index contributed by atoms with van der Waals surface area (Å²) in [5, 5.41) is 1.39. The fraction of sp³-hybridized carbons (Fsp3) is 0.273. The third-order valence-electron chi connectivity index (χ3n) is 2.68. The topological polar surface area (TPSA) is 15.8 Å². The molecule has 0 aliphatic heterocycles. The van der Waals surface area contributed by atoms with E-state index in [1.165, 1.54) is 33.9 Å². The zero-order valence-corrected chi connectivity index (χ0v) is 8.76. The van der Waals surface area contributed by atoms with E-state index in [1.807, 2.05) is 0 Å². The summed E-state index contributed by atoms with van der Waals surface area (Å²) in [6, 6.07) is 8.51. The number of benzene rings is 1. The van der Waals surface area contributed by atoms with E-state index in [-0.39, 0.29) is 0 Å². The van der Waals surface area contributed by atoms with Crippen molar-refractivity contribution in [3.8, 4) is 0 Å². The number of rotatable bonds is 1. The number of aromatic amines is 1. The summed E-state index contributed by atoms with van der Waals surface area (Å²) in [6.45, 7) is 0. The summed E-state index contributed by atoms with van der Waals surface area (Å²) in [7, 11) is 0. The second-order valence-corrected chi connectivity index (χ2v) is 4.47. The van der Waals surface area contributed by atoms with E-state index < -0.39 is 0 Å². The lowest BCUT2D eigenvalue weighted by Crippen LogP contribution is -1.75. The average Bonchev–Trinajstić information content (AvgIpc) is 2.88. The smallest absolute Gasteiger partial charge is 0.0866 e. The van der Waals surface area contributed by atoms with Crippen LogP contribution in [-0.2, 0) is 0 Å². The van der Waals surface area contributed by atoms with Gasteiger partial charge in [-0.25, -0.2) is 0 Å². The van der Waals surface area contributed by atoms with Gasteiger partial charge in [-0.15, -0.1) is 0 Å². The number of H-pyrrole nitrogens is 1. The van der Waals surface area contributed by atoms with Crippen LogP contribution in [0.2, 0.25) is 0 Å². The minimum Gasteiger partial charge on any atom is -0.349 e. The Hall–Kier alpha value is -0.760. The van der Waals surface area contributed by atoms with Gasteiger partial charge in [-0.3, -0.25) is 0 Å². The molecule has 0 saturated heterocycles. The van der Waals surface area contributed by atoms with Gasteiger partial charge in [-0.2, -0.15) is 0 Å². The van der Waals surface area contributed by atoms with Gasteiger partial charge in [0.25, 0.3) is 0 Å². The molecule has 1 heterocycles. The van der Waals surface area contributed by atoms with Crippen LogP contribution >= 0.6 is 15.9 Å². The maximum Gasteiger partial charge on any atom is 0.0866 e. The van der Waals surface area contributed by atoms with Gasteiger partial charge in [0, 0.05) is 10.9 Å². The van der Waals surface area contributed by atoms with Crippen molar-refractivity contribution < 1.29 is 0 Å². The number of aromatic nitrogens is 1. The SMILES string of the molecule is Brc1[nH]c2ccccc2c1C1CC1. The molecule has 0 amide bonds. The molecule has 1 aromatic heterocycles. The molecule has 2 heteroatoms. The van der Waals surface area contributed by atoms with Crippen molar-refractivity contribution in [2.24, 2.45) is 0 Å².